The van der Waals surface area contributed by atoms with Crippen molar-refractivity contribution in [1.29, 1.82) is 0 Å². The van der Waals surface area contributed by atoms with E-state index in [0.29, 0.717) is 23.4 Å². The smallest absolute Gasteiger partial charge is 0.251 e. The van der Waals surface area contributed by atoms with Crippen LogP contribution in [-0.2, 0) is 4.79 Å². The number of nitrogens with one attached hydrogen (secondary N) is 2. The Morgan fingerprint density at radius 2 is 1.36 bits per heavy atom. The van der Waals surface area contributed by atoms with Crippen LogP contribution in [0.1, 0.15) is 27.1 Å². The average Bonchev–Trinajstić information content (AvgIpc) is 2.66. The van der Waals surface area contributed by atoms with Gasteiger partial charge in [0.15, 0.2) is 0 Å². The first-order valence-corrected chi connectivity index (χ1v) is 8.97. The van der Waals surface area contributed by atoms with Gasteiger partial charge in [-0.3, -0.25) is 14.4 Å². The molecule has 2 amide bonds. The third-order valence-corrected chi connectivity index (χ3v) is 4.25. The predicted octanol–water partition coefficient (Wildman–Crippen LogP) is 2.50. The molecule has 2 aromatic rings. The minimum absolute atomic E-state index is 0.00928. The Hall–Kier alpha value is -2.60. The third-order valence-electron chi connectivity index (χ3n) is 3.34. The van der Waals surface area contributed by atoms with Crippen LogP contribution in [0, 0.1) is 0 Å². The van der Waals surface area contributed by atoms with Gasteiger partial charge in [-0.1, -0.05) is 60.3 Å². The average molecular weight is 356 g/mol. The summed E-state index contributed by atoms with van der Waals surface area (Å²) in [4.78, 5) is 35.4. The van der Waals surface area contributed by atoms with Crippen molar-refractivity contribution in [2.75, 3.05) is 18.8 Å². The second-order valence-corrected chi connectivity index (χ2v) is 6.29. The first-order chi connectivity index (χ1) is 12.2. The second kappa shape index (κ2) is 10.3. The molecule has 0 saturated carbocycles. The summed E-state index contributed by atoms with van der Waals surface area (Å²) in [6.07, 6.45) is 0.204. The molecular weight excluding hydrogens is 336 g/mol. The molecule has 0 fully saturated rings. The fourth-order valence-corrected chi connectivity index (χ4v) is 2.75. The molecule has 0 heterocycles. The Morgan fingerprint density at radius 3 is 2.00 bits per heavy atom. The summed E-state index contributed by atoms with van der Waals surface area (Å²) in [5, 5.41) is 5.43. The minimum atomic E-state index is -0.197. The Labute approximate surface area is 151 Å². The van der Waals surface area contributed by atoms with Crippen molar-refractivity contribution < 1.29 is 14.4 Å². The van der Waals surface area contributed by atoms with Crippen molar-refractivity contribution in [2.24, 2.45) is 0 Å². The molecule has 0 spiro atoms. The fourth-order valence-electron chi connectivity index (χ4n) is 2.06. The number of benzene rings is 2. The highest BCUT2D eigenvalue weighted by Gasteiger charge is 2.07. The molecular formula is C19H20N2O3S. The van der Waals surface area contributed by atoms with Crippen LogP contribution in [0.25, 0.3) is 0 Å². The SMILES string of the molecule is O=C(CCNC(=O)c1ccccc1)NCCSC(=O)c1ccccc1. The van der Waals surface area contributed by atoms with Crippen molar-refractivity contribution in [2.45, 2.75) is 6.42 Å². The van der Waals surface area contributed by atoms with Crippen molar-refractivity contribution in [3.8, 4) is 0 Å². The molecule has 0 aliphatic carbocycles. The lowest BCUT2D eigenvalue weighted by Crippen LogP contribution is -2.31. The normalized spacial score (nSPS) is 10.1. The van der Waals surface area contributed by atoms with Crippen LogP contribution in [0.15, 0.2) is 60.7 Å². The molecule has 0 radical (unpaired) electrons. The molecule has 25 heavy (non-hydrogen) atoms. The van der Waals surface area contributed by atoms with E-state index in [1.54, 1.807) is 36.4 Å². The minimum Gasteiger partial charge on any atom is -0.355 e. The molecule has 2 N–H and O–H groups in total. The van der Waals surface area contributed by atoms with E-state index in [1.165, 1.54) is 11.8 Å². The van der Waals surface area contributed by atoms with Gasteiger partial charge in [0.1, 0.15) is 0 Å². The van der Waals surface area contributed by atoms with Gasteiger partial charge in [0, 0.05) is 36.4 Å². The molecule has 0 atom stereocenters. The van der Waals surface area contributed by atoms with Gasteiger partial charge < -0.3 is 10.6 Å². The maximum atomic E-state index is 11.9. The lowest BCUT2D eigenvalue weighted by molar-refractivity contribution is -0.120. The maximum absolute atomic E-state index is 11.9. The van der Waals surface area contributed by atoms with E-state index in [-0.39, 0.29) is 29.9 Å². The maximum Gasteiger partial charge on any atom is 0.251 e. The summed E-state index contributed by atoms with van der Waals surface area (Å²) in [6, 6.07) is 17.9. The van der Waals surface area contributed by atoms with Gasteiger partial charge in [0.25, 0.3) is 5.91 Å². The second-order valence-electron chi connectivity index (χ2n) is 5.22. The molecule has 130 valence electrons. The molecule has 0 aliphatic heterocycles. The first kappa shape index (κ1) is 18.7. The standard InChI is InChI=1S/C19H20N2O3S/c22-17(11-12-21-18(23)15-7-3-1-4-8-15)20-13-14-25-19(24)16-9-5-2-6-10-16/h1-10H,11-14H2,(H,20,22)(H,21,23). The van der Waals surface area contributed by atoms with Crippen LogP contribution in [0.3, 0.4) is 0 Å². The summed E-state index contributed by atoms with van der Waals surface area (Å²) in [6.45, 7) is 0.685. The largest absolute Gasteiger partial charge is 0.355 e. The van der Waals surface area contributed by atoms with Crippen molar-refractivity contribution in [3.05, 3.63) is 71.8 Å². The van der Waals surface area contributed by atoms with Crippen LogP contribution in [0.2, 0.25) is 0 Å². The van der Waals surface area contributed by atoms with Crippen molar-refractivity contribution >= 4 is 28.7 Å². The Kier molecular flexibility index (Phi) is 7.72. The number of hydrogen-bond acceptors (Lipinski definition) is 4. The van der Waals surface area contributed by atoms with Gasteiger partial charge in [-0.25, -0.2) is 0 Å². The number of hydrogen-bond donors (Lipinski definition) is 2. The molecule has 2 aromatic carbocycles. The van der Waals surface area contributed by atoms with E-state index in [1.807, 2.05) is 24.3 Å². The highest BCUT2D eigenvalue weighted by Crippen LogP contribution is 2.11. The number of carbonyl (C=O) groups excluding carboxylic acids is 3. The van der Waals surface area contributed by atoms with Gasteiger partial charge in [0.05, 0.1) is 0 Å². The van der Waals surface area contributed by atoms with E-state index >= 15 is 0 Å². The zero-order valence-electron chi connectivity index (χ0n) is 13.7. The van der Waals surface area contributed by atoms with Crippen LogP contribution in [-0.4, -0.2) is 35.8 Å². The Morgan fingerprint density at radius 1 is 0.760 bits per heavy atom. The topological polar surface area (TPSA) is 75.3 Å². The zero-order valence-corrected chi connectivity index (χ0v) is 14.6. The van der Waals surface area contributed by atoms with Crippen molar-refractivity contribution in [1.82, 2.24) is 10.6 Å². The zero-order chi connectivity index (χ0) is 17.9. The van der Waals surface area contributed by atoms with E-state index in [2.05, 4.69) is 10.6 Å². The quantitative estimate of drug-likeness (QED) is 0.713. The fraction of sp³-hybridized carbons (Fsp3) is 0.211. The summed E-state index contributed by atoms with van der Waals surface area (Å²) < 4.78 is 0. The number of amides is 2. The first-order valence-electron chi connectivity index (χ1n) is 7.99. The molecule has 6 heteroatoms. The Bertz CT molecular complexity index is 705. The number of rotatable bonds is 8. The lowest BCUT2D eigenvalue weighted by Gasteiger charge is -2.06. The highest BCUT2D eigenvalue weighted by molar-refractivity contribution is 8.14. The number of thioether (sulfide) groups is 1. The monoisotopic (exact) mass is 356 g/mol. The third kappa shape index (κ3) is 6.81. The van der Waals surface area contributed by atoms with Crippen LogP contribution >= 0.6 is 11.8 Å². The molecule has 2 rings (SSSR count). The van der Waals surface area contributed by atoms with E-state index in [0.717, 1.165) is 0 Å². The predicted molar refractivity (Wildman–Crippen MR) is 99.6 cm³/mol. The van der Waals surface area contributed by atoms with E-state index in [4.69, 9.17) is 0 Å². The van der Waals surface area contributed by atoms with Gasteiger partial charge in [-0.15, -0.1) is 0 Å². The molecule has 0 saturated heterocycles. The summed E-state index contributed by atoms with van der Waals surface area (Å²) in [5.74, 6) is 0.161. The van der Waals surface area contributed by atoms with Gasteiger partial charge in [-0.05, 0) is 12.1 Å². The molecule has 0 unspecified atom stereocenters. The van der Waals surface area contributed by atoms with Crippen LogP contribution in [0.4, 0.5) is 0 Å². The van der Waals surface area contributed by atoms with E-state index in [9.17, 15) is 14.4 Å². The van der Waals surface area contributed by atoms with Crippen molar-refractivity contribution in [3.63, 3.8) is 0 Å². The molecule has 5 nitrogen and oxygen atoms in total. The lowest BCUT2D eigenvalue weighted by atomic mass is 10.2. The molecule has 0 bridgehead atoms. The van der Waals surface area contributed by atoms with Gasteiger partial charge in [0.2, 0.25) is 11.0 Å². The van der Waals surface area contributed by atoms with Gasteiger partial charge >= 0.3 is 0 Å². The Balaban J connectivity index is 1.57. The number of carbonyl (C=O) groups is 3. The van der Waals surface area contributed by atoms with Crippen LogP contribution < -0.4 is 10.6 Å². The van der Waals surface area contributed by atoms with E-state index < -0.39 is 0 Å². The summed E-state index contributed by atoms with van der Waals surface area (Å²) in [7, 11) is 0. The summed E-state index contributed by atoms with van der Waals surface area (Å²) in [5.41, 5.74) is 1.22. The molecule has 0 aromatic heterocycles. The summed E-state index contributed by atoms with van der Waals surface area (Å²) >= 11 is 1.17. The van der Waals surface area contributed by atoms with Gasteiger partial charge in [-0.2, -0.15) is 0 Å². The molecule has 0 aliphatic rings. The highest BCUT2D eigenvalue weighted by atomic mass is 32.2. The van der Waals surface area contributed by atoms with Crippen LogP contribution in [0.5, 0.6) is 0 Å².